The predicted molar refractivity (Wildman–Crippen MR) is 139 cm³/mol. The third-order valence-corrected chi connectivity index (χ3v) is 7.14. The molecule has 1 saturated carbocycles. The molecule has 3 heterocycles. The Hall–Kier alpha value is -3.98. The molecule has 8 nitrogen and oxygen atoms in total. The van der Waals surface area contributed by atoms with Crippen LogP contribution in [-0.4, -0.2) is 41.7 Å². The molecule has 1 aromatic heterocycles. The van der Waals surface area contributed by atoms with Gasteiger partial charge in [-0.05, 0) is 72.7 Å². The SMILES string of the molecule is C=CC(=O)N1CC2(CC2)Cc2ccc(Nc3nc(Nc4ccc(OC5CCOC5)cc4)ncc3F)cc21. The van der Waals surface area contributed by atoms with Crippen molar-refractivity contribution in [3.8, 4) is 5.75 Å². The number of benzene rings is 2. The van der Waals surface area contributed by atoms with E-state index in [1.165, 1.54) is 6.08 Å². The van der Waals surface area contributed by atoms with Crippen LogP contribution in [-0.2, 0) is 16.0 Å². The van der Waals surface area contributed by atoms with Crippen LogP contribution >= 0.6 is 0 Å². The van der Waals surface area contributed by atoms with Gasteiger partial charge in [0, 0.05) is 30.0 Å². The summed E-state index contributed by atoms with van der Waals surface area (Å²) in [5.41, 5.74) is 3.51. The first kappa shape index (κ1) is 23.4. The molecule has 0 bridgehead atoms. The number of carbonyl (C=O) groups is 1. The molecule has 1 atom stereocenters. The maximum Gasteiger partial charge on any atom is 0.250 e. The van der Waals surface area contributed by atoms with Gasteiger partial charge in [-0.25, -0.2) is 9.37 Å². The summed E-state index contributed by atoms with van der Waals surface area (Å²) in [6.07, 6.45) is 6.62. The minimum atomic E-state index is -0.582. The molecule has 2 N–H and O–H groups in total. The second kappa shape index (κ2) is 9.48. The lowest BCUT2D eigenvalue weighted by atomic mass is 9.89. The van der Waals surface area contributed by atoms with Gasteiger partial charge in [-0.15, -0.1) is 0 Å². The van der Waals surface area contributed by atoms with Gasteiger partial charge in [0.05, 0.1) is 19.4 Å². The quantitative estimate of drug-likeness (QED) is 0.434. The third-order valence-electron chi connectivity index (χ3n) is 7.14. The number of carbonyl (C=O) groups excluding carboxylic acids is 1. The van der Waals surface area contributed by atoms with E-state index in [9.17, 15) is 9.18 Å². The predicted octanol–water partition coefficient (Wildman–Crippen LogP) is 5.13. The molecular weight excluding hydrogens is 473 g/mol. The number of aromatic nitrogens is 2. The molecule has 6 rings (SSSR count). The van der Waals surface area contributed by atoms with E-state index in [1.54, 1.807) is 4.90 Å². The molecule has 0 radical (unpaired) electrons. The van der Waals surface area contributed by atoms with Crippen molar-refractivity contribution >= 4 is 34.7 Å². The smallest absolute Gasteiger partial charge is 0.250 e. The Morgan fingerprint density at radius 3 is 2.73 bits per heavy atom. The molecule has 1 aliphatic carbocycles. The summed E-state index contributed by atoms with van der Waals surface area (Å²) >= 11 is 0. The van der Waals surface area contributed by atoms with E-state index in [2.05, 4.69) is 27.2 Å². The highest BCUT2D eigenvalue weighted by Gasteiger charge is 2.48. The molecule has 1 spiro atoms. The average Bonchev–Trinajstić information content (AvgIpc) is 3.44. The summed E-state index contributed by atoms with van der Waals surface area (Å²) in [6, 6.07) is 13.2. The van der Waals surface area contributed by atoms with Gasteiger partial charge >= 0.3 is 0 Å². The highest BCUT2D eigenvalue weighted by Crippen LogP contribution is 2.53. The molecule has 9 heteroatoms. The Bertz CT molecular complexity index is 1340. The molecule has 2 aliphatic heterocycles. The summed E-state index contributed by atoms with van der Waals surface area (Å²) in [7, 11) is 0. The lowest BCUT2D eigenvalue weighted by Gasteiger charge is -2.34. The fourth-order valence-electron chi connectivity index (χ4n) is 4.94. The summed E-state index contributed by atoms with van der Waals surface area (Å²) in [6.45, 7) is 5.67. The zero-order chi connectivity index (χ0) is 25.4. The van der Waals surface area contributed by atoms with Crippen LogP contribution in [0.15, 0.2) is 61.3 Å². The van der Waals surface area contributed by atoms with Gasteiger partial charge in [0.25, 0.3) is 0 Å². The summed E-state index contributed by atoms with van der Waals surface area (Å²) in [5.74, 6) is 0.333. The third kappa shape index (κ3) is 4.99. The van der Waals surface area contributed by atoms with Crippen LogP contribution in [0, 0.1) is 11.2 Å². The Labute approximate surface area is 214 Å². The molecular formula is C28H28FN5O3. The van der Waals surface area contributed by atoms with Crippen molar-refractivity contribution in [3.05, 3.63) is 72.7 Å². The van der Waals surface area contributed by atoms with E-state index >= 15 is 0 Å². The molecule has 3 aromatic rings. The van der Waals surface area contributed by atoms with E-state index in [0.29, 0.717) is 18.8 Å². The highest BCUT2D eigenvalue weighted by molar-refractivity contribution is 6.02. The fourth-order valence-corrected chi connectivity index (χ4v) is 4.94. The van der Waals surface area contributed by atoms with Crippen LogP contribution in [0.4, 0.5) is 33.2 Å². The summed E-state index contributed by atoms with van der Waals surface area (Å²) < 4.78 is 25.9. The Morgan fingerprint density at radius 2 is 2.00 bits per heavy atom. The van der Waals surface area contributed by atoms with Crippen LogP contribution in [0.25, 0.3) is 0 Å². The zero-order valence-corrected chi connectivity index (χ0v) is 20.4. The molecule has 1 unspecified atom stereocenters. The zero-order valence-electron chi connectivity index (χ0n) is 20.4. The maximum absolute atomic E-state index is 14.6. The second-order valence-corrected chi connectivity index (χ2v) is 9.92. The number of ether oxygens (including phenoxy) is 2. The molecule has 190 valence electrons. The Balaban J connectivity index is 1.18. The molecule has 2 fully saturated rings. The number of rotatable bonds is 7. The molecule has 1 saturated heterocycles. The van der Waals surface area contributed by atoms with Gasteiger partial charge in [0.15, 0.2) is 11.6 Å². The first-order chi connectivity index (χ1) is 18.0. The van der Waals surface area contributed by atoms with Crippen molar-refractivity contribution in [2.45, 2.75) is 31.8 Å². The molecule has 2 aromatic carbocycles. The Morgan fingerprint density at radius 1 is 1.19 bits per heavy atom. The van der Waals surface area contributed by atoms with E-state index in [4.69, 9.17) is 9.47 Å². The number of anilines is 5. The second-order valence-electron chi connectivity index (χ2n) is 9.92. The van der Waals surface area contributed by atoms with Crippen LogP contribution in [0.1, 0.15) is 24.8 Å². The number of hydrogen-bond acceptors (Lipinski definition) is 7. The molecule has 37 heavy (non-hydrogen) atoms. The number of halogens is 1. The number of nitrogens with zero attached hydrogens (tertiary/aromatic N) is 3. The van der Waals surface area contributed by atoms with Crippen LogP contribution < -0.4 is 20.3 Å². The number of fused-ring (bicyclic) bond motifs is 1. The minimum Gasteiger partial charge on any atom is -0.488 e. The van der Waals surface area contributed by atoms with Crippen molar-refractivity contribution < 1.29 is 18.7 Å². The number of nitrogens with one attached hydrogen (secondary N) is 2. The van der Waals surface area contributed by atoms with Crippen molar-refractivity contribution in [1.29, 1.82) is 0 Å². The van der Waals surface area contributed by atoms with Gasteiger partial charge < -0.3 is 25.0 Å². The van der Waals surface area contributed by atoms with Crippen LogP contribution in [0.5, 0.6) is 5.75 Å². The largest absolute Gasteiger partial charge is 0.488 e. The number of amides is 1. The van der Waals surface area contributed by atoms with Crippen LogP contribution in [0.2, 0.25) is 0 Å². The van der Waals surface area contributed by atoms with Gasteiger partial charge in [-0.2, -0.15) is 4.98 Å². The van der Waals surface area contributed by atoms with Gasteiger partial charge in [0.2, 0.25) is 11.9 Å². The van der Waals surface area contributed by atoms with E-state index in [0.717, 1.165) is 61.2 Å². The molecule has 3 aliphatic rings. The van der Waals surface area contributed by atoms with Crippen LogP contribution in [0.3, 0.4) is 0 Å². The lowest BCUT2D eigenvalue weighted by Crippen LogP contribution is -2.40. The average molecular weight is 502 g/mol. The van der Waals surface area contributed by atoms with E-state index < -0.39 is 5.82 Å². The highest BCUT2D eigenvalue weighted by atomic mass is 19.1. The van der Waals surface area contributed by atoms with Gasteiger partial charge in [0.1, 0.15) is 11.9 Å². The standard InChI is InChI=1S/C28H28FN5O3/c1-2-25(35)34-17-28(10-11-28)14-18-3-4-20(13-24(18)34)31-26-23(29)15-30-27(33-26)32-19-5-7-21(8-6-19)37-22-9-12-36-16-22/h2-8,13,15,22H,1,9-12,14,16-17H2,(H2,30,31,32,33). The van der Waals surface area contributed by atoms with Gasteiger partial charge in [-0.1, -0.05) is 12.6 Å². The summed E-state index contributed by atoms with van der Waals surface area (Å²) in [4.78, 5) is 22.8. The summed E-state index contributed by atoms with van der Waals surface area (Å²) in [5, 5.41) is 6.15. The maximum atomic E-state index is 14.6. The van der Waals surface area contributed by atoms with E-state index in [1.807, 2.05) is 42.5 Å². The monoisotopic (exact) mass is 501 g/mol. The van der Waals surface area contributed by atoms with Crippen molar-refractivity contribution in [1.82, 2.24) is 9.97 Å². The lowest BCUT2D eigenvalue weighted by molar-refractivity contribution is -0.114. The first-order valence-corrected chi connectivity index (χ1v) is 12.5. The van der Waals surface area contributed by atoms with Crippen molar-refractivity contribution in [2.75, 3.05) is 35.3 Å². The van der Waals surface area contributed by atoms with Crippen molar-refractivity contribution in [3.63, 3.8) is 0 Å². The number of hydrogen-bond donors (Lipinski definition) is 2. The normalized spacial score (nSPS) is 19.3. The van der Waals surface area contributed by atoms with E-state index in [-0.39, 0.29) is 29.2 Å². The van der Waals surface area contributed by atoms with Gasteiger partial charge in [-0.3, -0.25) is 4.79 Å². The topological polar surface area (TPSA) is 88.6 Å². The fraction of sp³-hybridized carbons (Fsp3) is 0.321. The first-order valence-electron chi connectivity index (χ1n) is 12.5. The minimum absolute atomic E-state index is 0.0368. The Kier molecular flexibility index (Phi) is 6.00. The van der Waals surface area contributed by atoms with Crippen molar-refractivity contribution in [2.24, 2.45) is 5.41 Å². The molecule has 1 amide bonds.